The largest absolute Gasteiger partial charge is 0.481 e. The lowest BCUT2D eigenvalue weighted by Gasteiger charge is -2.29. The number of rotatable bonds is 3. The van der Waals surface area contributed by atoms with Gasteiger partial charge in [0.2, 0.25) is 0 Å². The highest BCUT2D eigenvalue weighted by molar-refractivity contribution is 5.72. The Morgan fingerprint density at radius 3 is 1.46 bits per heavy atom. The van der Waals surface area contributed by atoms with Crippen molar-refractivity contribution in [2.24, 2.45) is 23.3 Å². The van der Waals surface area contributed by atoms with E-state index in [4.69, 9.17) is 16.6 Å². The number of urea groups is 2. The minimum atomic E-state index is -0.766. The van der Waals surface area contributed by atoms with E-state index in [0.29, 0.717) is 13.1 Å². The van der Waals surface area contributed by atoms with Gasteiger partial charge in [-0.2, -0.15) is 0 Å². The van der Waals surface area contributed by atoms with Gasteiger partial charge < -0.3 is 26.4 Å². The third-order valence-electron chi connectivity index (χ3n) is 4.89. The normalized spacial score (nSPS) is 17.9. The molecule has 0 spiro atoms. The summed E-state index contributed by atoms with van der Waals surface area (Å²) in [6.45, 7) is 5.09. The number of carbonyl (C=O) groups excluding carboxylic acids is 2. The summed E-state index contributed by atoms with van der Waals surface area (Å²) in [4.78, 5) is 35.1. The Morgan fingerprint density at radius 2 is 1.19 bits per heavy atom. The summed E-state index contributed by atoms with van der Waals surface area (Å²) < 4.78 is 0. The first-order valence-corrected chi connectivity index (χ1v) is 8.64. The lowest BCUT2D eigenvalue weighted by atomic mass is 9.94. The third kappa shape index (κ3) is 9.48. The summed E-state index contributed by atoms with van der Waals surface area (Å²) in [5.41, 5.74) is 10.2. The molecule has 8 heteroatoms. The van der Waals surface area contributed by atoms with E-state index in [0.717, 1.165) is 44.7 Å². The molecule has 2 saturated heterocycles. The van der Waals surface area contributed by atoms with Crippen LogP contribution in [0, 0.1) is 11.8 Å². The lowest BCUT2D eigenvalue weighted by Crippen LogP contribution is -2.41. The highest BCUT2D eigenvalue weighted by Crippen LogP contribution is 2.20. The molecular formula is C18H38N4O4. The summed E-state index contributed by atoms with van der Waals surface area (Å²) in [5, 5.41) is 8.54. The SMILES string of the molecule is C.C.CCC1CCN(C(N)=O)CC1.NC(=O)N1CCC(CC(=O)O)CC1. The molecule has 4 amide bonds. The van der Waals surface area contributed by atoms with Crippen LogP contribution in [0.1, 0.15) is 60.3 Å². The maximum absolute atomic E-state index is 10.7. The molecule has 0 aromatic heterocycles. The zero-order chi connectivity index (χ0) is 18.1. The number of carboxylic acid groups (broad SMARTS) is 1. The van der Waals surface area contributed by atoms with Crippen LogP contribution in [0.15, 0.2) is 0 Å². The number of hydrogen-bond acceptors (Lipinski definition) is 3. The first kappa shape index (κ1) is 26.2. The van der Waals surface area contributed by atoms with Gasteiger partial charge in [0, 0.05) is 32.6 Å². The molecular weight excluding hydrogens is 336 g/mol. The van der Waals surface area contributed by atoms with Crippen molar-refractivity contribution in [3.8, 4) is 0 Å². The minimum Gasteiger partial charge on any atom is -0.481 e. The Balaban J connectivity index is 0. The first-order chi connectivity index (χ1) is 11.3. The molecule has 0 saturated carbocycles. The molecule has 2 rings (SSSR count). The molecule has 2 aliphatic heterocycles. The fourth-order valence-corrected chi connectivity index (χ4v) is 3.17. The number of aliphatic carboxylic acids is 1. The summed E-state index contributed by atoms with van der Waals surface area (Å²) in [5.74, 6) is 0.247. The molecule has 0 radical (unpaired) electrons. The van der Waals surface area contributed by atoms with Crippen LogP contribution in [0.3, 0.4) is 0 Å². The van der Waals surface area contributed by atoms with Crippen molar-refractivity contribution < 1.29 is 19.5 Å². The molecule has 0 aromatic rings. The van der Waals surface area contributed by atoms with Gasteiger partial charge in [-0.3, -0.25) is 4.79 Å². The van der Waals surface area contributed by atoms with Crippen molar-refractivity contribution in [3.63, 3.8) is 0 Å². The van der Waals surface area contributed by atoms with Gasteiger partial charge in [-0.05, 0) is 37.5 Å². The molecule has 26 heavy (non-hydrogen) atoms. The van der Waals surface area contributed by atoms with Gasteiger partial charge in [-0.25, -0.2) is 9.59 Å². The fraction of sp³-hybridized carbons (Fsp3) is 0.833. The second-order valence-electron chi connectivity index (χ2n) is 6.54. The molecule has 154 valence electrons. The average Bonchev–Trinajstić information content (AvgIpc) is 2.55. The van der Waals surface area contributed by atoms with Crippen molar-refractivity contribution in [2.45, 2.75) is 60.3 Å². The van der Waals surface area contributed by atoms with E-state index in [1.165, 1.54) is 6.42 Å². The maximum atomic E-state index is 10.7. The summed E-state index contributed by atoms with van der Waals surface area (Å²) in [6.07, 6.45) is 5.17. The van der Waals surface area contributed by atoms with E-state index in [1.807, 2.05) is 0 Å². The van der Waals surface area contributed by atoms with Crippen LogP contribution in [-0.2, 0) is 4.79 Å². The number of piperidine rings is 2. The van der Waals surface area contributed by atoms with Gasteiger partial charge in [-0.1, -0.05) is 28.2 Å². The topological polar surface area (TPSA) is 130 Å². The number of nitrogens with two attached hydrogens (primary N) is 2. The number of nitrogens with zero attached hydrogens (tertiary/aromatic N) is 2. The highest BCUT2D eigenvalue weighted by atomic mass is 16.4. The van der Waals surface area contributed by atoms with Crippen molar-refractivity contribution >= 4 is 18.0 Å². The predicted octanol–water partition coefficient (Wildman–Crippen LogP) is 2.71. The Bertz CT molecular complexity index is 429. The monoisotopic (exact) mass is 374 g/mol. The van der Waals surface area contributed by atoms with Crippen molar-refractivity contribution in [2.75, 3.05) is 26.2 Å². The summed E-state index contributed by atoms with van der Waals surface area (Å²) >= 11 is 0. The standard InChI is InChI=1S/C8H14N2O3.C8H16N2O.2CH4/c9-8(13)10-3-1-6(2-4-10)5-7(11)12;1-2-7-3-5-10(6-4-7)8(9)11;;/h6H,1-5H2,(H2,9,13)(H,11,12);7H,2-6H2,1H3,(H2,9,11);2*1H4. The zero-order valence-corrected chi connectivity index (χ0v) is 14.4. The van der Waals surface area contributed by atoms with Gasteiger partial charge in [-0.15, -0.1) is 0 Å². The molecule has 0 aromatic carbocycles. The number of carbonyl (C=O) groups is 3. The van der Waals surface area contributed by atoms with E-state index in [2.05, 4.69) is 6.92 Å². The Labute approximate surface area is 157 Å². The number of likely N-dealkylation sites (tertiary alicyclic amines) is 2. The van der Waals surface area contributed by atoms with Crippen LogP contribution in [0.5, 0.6) is 0 Å². The van der Waals surface area contributed by atoms with E-state index in [1.54, 1.807) is 9.80 Å². The van der Waals surface area contributed by atoms with E-state index in [-0.39, 0.29) is 33.2 Å². The van der Waals surface area contributed by atoms with E-state index in [9.17, 15) is 14.4 Å². The second-order valence-corrected chi connectivity index (χ2v) is 6.54. The highest BCUT2D eigenvalue weighted by Gasteiger charge is 2.22. The van der Waals surface area contributed by atoms with Gasteiger partial charge in [0.15, 0.2) is 0 Å². The van der Waals surface area contributed by atoms with Gasteiger partial charge >= 0.3 is 18.0 Å². The second kappa shape index (κ2) is 13.2. The molecule has 2 aliphatic rings. The molecule has 8 nitrogen and oxygen atoms in total. The van der Waals surface area contributed by atoms with Gasteiger partial charge in [0.05, 0.1) is 0 Å². The van der Waals surface area contributed by atoms with Crippen LogP contribution < -0.4 is 11.5 Å². The predicted molar refractivity (Wildman–Crippen MR) is 104 cm³/mol. The number of amides is 4. The van der Waals surface area contributed by atoms with Crippen molar-refractivity contribution in [3.05, 3.63) is 0 Å². The van der Waals surface area contributed by atoms with E-state index < -0.39 is 12.0 Å². The van der Waals surface area contributed by atoms with Crippen LogP contribution in [0.25, 0.3) is 0 Å². The first-order valence-electron chi connectivity index (χ1n) is 8.64. The van der Waals surface area contributed by atoms with Crippen LogP contribution in [-0.4, -0.2) is 59.1 Å². The molecule has 0 atom stereocenters. The van der Waals surface area contributed by atoms with Crippen LogP contribution >= 0.6 is 0 Å². The Kier molecular flexibility index (Phi) is 13.4. The molecule has 0 bridgehead atoms. The maximum Gasteiger partial charge on any atom is 0.314 e. The number of carboxylic acids is 1. The average molecular weight is 375 g/mol. The Hall–Kier alpha value is -1.99. The lowest BCUT2D eigenvalue weighted by molar-refractivity contribution is -0.138. The fourth-order valence-electron chi connectivity index (χ4n) is 3.17. The minimum absolute atomic E-state index is 0. The molecule has 0 unspecified atom stereocenters. The molecule has 0 aliphatic carbocycles. The number of hydrogen-bond donors (Lipinski definition) is 3. The third-order valence-corrected chi connectivity index (χ3v) is 4.89. The van der Waals surface area contributed by atoms with Crippen molar-refractivity contribution in [1.29, 1.82) is 0 Å². The summed E-state index contributed by atoms with van der Waals surface area (Å²) in [7, 11) is 0. The molecule has 2 fully saturated rings. The smallest absolute Gasteiger partial charge is 0.314 e. The quantitative estimate of drug-likeness (QED) is 0.701. The molecule has 2 heterocycles. The number of primary amides is 2. The molecule has 5 N–H and O–H groups in total. The van der Waals surface area contributed by atoms with Crippen LogP contribution in [0.4, 0.5) is 9.59 Å². The van der Waals surface area contributed by atoms with Crippen molar-refractivity contribution in [1.82, 2.24) is 9.80 Å². The zero-order valence-electron chi connectivity index (χ0n) is 14.4. The summed E-state index contributed by atoms with van der Waals surface area (Å²) in [6, 6.07) is -0.673. The van der Waals surface area contributed by atoms with Gasteiger partial charge in [0.1, 0.15) is 0 Å². The van der Waals surface area contributed by atoms with Gasteiger partial charge in [0.25, 0.3) is 0 Å². The van der Waals surface area contributed by atoms with Crippen LogP contribution in [0.2, 0.25) is 0 Å². The Morgan fingerprint density at radius 1 is 0.846 bits per heavy atom. The van der Waals surface area contributed by atoms with E-state index >= 15 is 0 Å².